The molecule has 1 aromatic heterocycles. The fourth-order valence-corrected chi connectivity index (χ4v) is 5.05. The Kier molecular flexibility index (Phi) is 8.32. The molecule has 1 fully saturated rings. The van der Waals surface area contributed by atoms with Crippen LogP contribution in [-0.2, 0) is 21.8 Å². The molecule has 2 unspecified atom stereocenters. The summed E-state index contributed by atoms with van der Waals surface area (Å²) in [7, 11) is 0.563. The Labute approximate surface area is 199 Å². The molecule has 2 aromatic rings. The van der Waals surface area contributed by atoms with Crippen molar-refractivity contribution in [1.29, 1.82) is 0 Å². The zero-order valence-corrected chi connectivity index (χ0v) is 20.9. The maximum absolute atomic E-state index is 14.4. The van der Waals surface area contributed by atoms with Crippen molar-refractivity contribution in [2.45, 2.75) is 56.1 Å². The van der Waals surface area contributed by atoms with E-state index in [4.69, 9.17) is 4.74 Å². The van der Waals surface area contributed by atoms with Gasteiger partial charge in [-0.2, -0.15) is 9.82 Å². The molecule has 1 aliphatic heterocycles. The van der Waals surface area contributed by atoms with Crippen LogP contribution in [0.2, 0.25) is 0 Å². The average Bonchev–Trinajstić information content (AvgIpc) is 3.16. The van der Waals surface area contributed by atoms with Gasteiger partial charge in [0.2, 0.25) is 0 Å². The summed E-state index contributed by atoms with van der Waals surface area (Å²) in [4.78, 5) is 1.50. The molecular weight excluding hydrogens is 465 g/mol. The van der Waals surface area contributed by atoms with Crippen molar-refractivity contribution in [2.75, 3.05) is 32.6 Å². The number of hydrogen-bond donors (Lipinski definition) is 4. The van der Waals surface area contributed by atoms with E-state index < -0.39 is 22.6 Å². The smallest absolute Gasteiger partial charge is 0.263 e. The average molecular weight is 500 g/mol. The summed E-state index contributed by atoms with van der Waals surface area (Å²) in [6.07, 6.45) is -1.36. The van der Waals surface area contributed by atoms with Gasteiger partial charge in [-0.25, -0.2) is 12.8 Å². The van der Waals surface area contributed by atoms with Crippen molar-refractivity contribution in [3.63, 3.8) is 0 Å². The molecule has 0 aliphatic carbocycles. The highest BCUT2D eigenvalue weighted by Gasteiger charge is 2.28. The highest BCUT2D eigenvalue weighted by molar-refractivity contribution is 7.89. The zero-order valence-electron chi connectivity index (χ0n) is 20.1. The largest absolute Gasteiger partial charge is 0.381 e. The number of hydrogen-bond acceptors (Lipinski definition) is 8. The monoisotopic (exact) mass is 499 g/mol. The number of halogens is 1. The molecule has 0 bridgehead atoms. The van der Waals surface area contributed by atoms with Gasteiger partial charge in [0.1, 0.15) is 12.0 Å². The minimum Gasteiger partial charge on any atom is -0.381 e. The van der Waals surface area contributed by atoms with Crippen LogP contribution in [0.15, 0.2) is 23.2 Å². The van der Waals surface area contributed by atoms with Gasteiger partial charge < -0.3 is 20.3 Å². The van der Waals surface area contributed by atoms with Gasteiger partial charge in [-0.3, -0.25) is 9.58 Å². The second kappa shape index (κ2) is 10.7. The summed E-state index contributed by atoms with van der Waals surface area (Å²) >= 11 is 0. The summed E-state index contributed by atoms with van der Waals surface area (Å²) in [6, 6.07) is 4.06. The first-order chi connectivity index (χ1) is 15.9. The molecule has 3 rings (SSSR count). The Bertz CT molecular complexity index is 1100. The van der Waals surface area contributed by atoms with Crippen LogP contribution < -0.4 is 10.0 Å². The first-order valence-electron chi connectivity index (χ1n) is 11.2. The first kappa shape index (κ1) is 26.5. The van der Waals surface area contributed by atoms with Crippen LogP contribution in [0, 0.1) is 5.82 Å². The number of nitrogens with zero attached hydrogens (tertiary/aromatic N) is 3. The second-order valence-corrected chi connectivity index (χ2v) is 10.7. The topological polar surface area (TPSA) is 129 Å². The van der Waals surface area contributed by atoms with Crippen LogP contribution in [-0.4, -0.2) is 67.0 Å². The SMILES string of the molecule is CC(C)c1cc(F)cc(C2CCOCC2)c1NC(O)NS(=O)(=O)c1cc(C(O)N(C)C)n(C)n1. The third-order valence-corrected chi connectivity index (χ3v) is 7.20. The predicted octanol–water partition coefficient (Wildman–Crippen LogP) is 1.80. The number of benzene rings is 1. The molecule has 190 valence electrons. The molecule has 0 radical (unpaired) electrons. The Morgan fingerprint density at radius 2 is 1.85 bits per heavy atom. The molecule has 4 N–H and O–H groups in total. The van der Waals surface area contributed by atoms with Crippen LogP contribution in [0.1, 0.15) is 61.6 Å². The lowest BCUT2D eigenvalue weighted by atomic mass is 9.86. The summed E-state index contributed by atoms with van der Waals surface area (Å²) in [5, 5.41) is 27.4. The number of aryl methyl sites for hydroxylation is 1. The molecule has 2 atom stereocenters. The standard InChI is InChI=1S/C22H34FN5O5S/c1-13(2)16-10-15(23)11-17(14-6-8-33-9-7-14)20(16)24-22(30)26-34(31,32)19-12-18(28(5)25-19)21(29)27(3)4/h10-14,21-22,24,26,29-30H,6-9H2,1-5H3. The Balaban J connectivity index is 1.88. The van der Waals surface area contributed by atoms with Gasteiger partial charge >= 0.3 is 0 Å². The van der Waals surface area contributed by atoms with Gasteiger partial charge in [-0.05, 0) is 62.0 Å². The lowest BCUT2D eigenvalue weighted by Crippen LogP contribution is -2.41. The van der Waals surface area contributed by atoms with E-state index in [1.807, 2.05) is 13.8 Å². The Hall–Kier alpha value is -2.09. The molecule has 10 nitrogen and oxygen atoms in total. The van der Waals surface area contributed by atoms with E-state index in [1.165, 1.54) is 34.8 Å². The minimum atomic E-state index is -4.24. The van der Waals surface area contributed by atoms with Crippen molar-refractivity contribution < 1.29 is 27.8 Å². The third-order valence-electron chi connectivity index (χ3n) is 5.92. The fourth-order valence-electron chi connectivity index (χ4n) is 4.07. The van der Waals surface area contributed by atoms with E-state index in [-0.39, 0.29) is 28.4 Å². The van der Waals surface area contributed by atoms with Gasteiger partial charge in [0.15, 0.2) is 11.4 Å². The van der Waals surface area contributed by atoms with Crippen LogP contribution >= 0.6 is 0 Å². The zero-order chi connectivity index (χ0) is 25.2. The number of aliphatic hydroxyl groups excluding tert-OH is 2. The van der Waals surface area contributed by atoms with Crippen LogP contribution in [0.4, 0.5) is 10.1 Å². The van der Waals surface area contributed by atoms with Crippen molar-refractivity contribution in [3.05, 3.63) is 40.8 Å². The molecule has 0 spiro atoms. The third kappa shape index (κ3) is 5.93. The van der Waals surface area contributed by atoms with Gasteiger partial charge in [0, 0.05) is 32.0 Å². The summed E-state index contributed by atoms with van der Waals surface area (Å²) < 4.78 is 49.1. The van der Waals surface area contributed by atoms with Crippen LogP contribution in [0.25, 0.3) is 0 Å². The van der Waals surface area contributed by atoms with Crippen LogP contribution in [0.3, 0.4) is 0 Å². The summed E-state index contributed by atoms with van der Waals surface area (Å²) in [5.41, 5.74) is 2.09. The van der Waals surface area contributed by atoms with Gasteiger partial charge in [-0.1, -0.05) is 13.8 Å². The Morgan fingerprint density at radius 3 is 2.44 bits per heavy atom. The fraction of sp³-hybridized carbons (Fsp3) is 0.591. The number of ether oxygens (including phenoxy) is 1. The molecule has 12 heteroatoms. The molecule has 0 saturated carbocycles. The summed E-state index contributed by atoms with van der Waals surface area (Å²) in [6.45, 7) is 4.90. The number of anilines is 1. The van der Waals surface area contributed by atoms with Gasteiger partial charge in [0.05, 0.1) is 5.69 Å². The molecular formula is C22H34FN5O5S. The van der Waals surface area contributed by atoms with Crippen molar-refractivity contribution in [2.24, 2.45) is 7.05 Å². The molecule has 1 saturated heterocycles. The highest BCUT2D eigenvalue weighted by Crippen LogP contribution is 2.38. The maximum Gasteiger partial charge on any atom is 0.263 e. The highest BCUT2D eigenvalue weighted by atomic mass is 32.2. The molecule has 34 heavy (non-hydrogen) atoms. The maximum atomic E-state index is 14.4. The van der Waals surface area contributed by atoms with E-state index in [2.05, 4.69) is 15.1 Å². The molecule has 2 heterocycles. The van der Waals surface area contributed by atoms with E-state index in [0.717, 1.165) is 0 Å². The van der Waals surface area contributed by atoms with Gasteiger partial charge in [0.25, 0.3) is 10.0 Å². The van der Waals surface area contributed by atoms with Crippen molar-refractivity contribution in [3.8, 4) is 0 Å². The molecule has 0 amide bonds. The number of aromatic nitrogens is 2. The Morgan fingerprint density at radius 1 is 1.21 bits per heavy atom. The predicted molar refractivity (Wildman–Crippen MR) is 125 cm³/mol. The van der Waals surface area contributed by atoms with E-state index in [9.17, 15) is 23.0 Å². The minimum absolute atomic E-state index is 0.0131. The van der Waals surface area contributed by atoms with E-state index >= 15 is 0 Å². The van der Waals surface area contributed by atoms with Crippen LogP contribution in [0.5, 0.6) is 0 Å². The lowest BCUT2D eigenvalue weighted by molar-refractivity contribution is 0.0325. The van der Waals surface area contributed by atoms with E-state index in [0.29, 0.717) is 42.9 Å². The second-order valence-electron chi connectivity index (χ2n) is 9.04. The summed E-state index contributed by atoms with van der Waals surface area (Å²) in [5.74, 6) is -0.447. The molecule has 1 aliphatic rings. The lowest BCUT2D eigenvalue weighted by Gasteiger charge is -2.28. The number of nitrogens with one attached hydrogen (secondary N) is 2. The normalized spacial score (nSPS) is 17.4. The number of sulfonamides is 1. The van der Waals surface area contributed by atoms with Crippen molar-refractivity contribution >= 4 is 15.7 Å². The first-order valence-corrected chi connectivity index (χ1v) is 12.7. The number of rotatable bonds is 9. The van der Waals surface area contributed by atoms with E-state index in [1.54, 1.807) is 14.1 Å². The van der Waals surface area contributed by atoms with Crippen molar-refractivity contribution in [1.82, 2.24) is 19.4 Å². The molecule has 1 aromatic carbocycles. The quantitative estimate of drug-likeness (QED) is 0.385. The van der Waals surface area contributed by atoms with Gasteiger partial charge in [-0.15, -0.1) is 0 Å². The number of aliphatic hydroxyl groups is 2.